The number of anilines is 1. The van der Waals surface area contributed by atoms with Crippen LogP contribution in [-0.4, -0.2) is 30.4 Å². The number of carbonyl (C=O) groups excluding carboxylic acids is 2. The summed E-state index contributed by atoms with van der Waals surface area (Å²) in [5.74, 6) is 0.148. The Morgan fingerprint density at radius 3 is 2.96 bits per heavy atom. The number of rotatable bonds is 5. The largest absolute Gasteiger partial charge is 0.361 e. The van der Waals surface area contributed by atoms with E-state index in [1.165, 1.54) is 0 Å². The molecular formula is C21H21N3O2. The van der Waals surface area contributed by atoms with Gasteiger partial charge in [-0.1, -0.05) is 30.3 Å². The third-order valence-electron chi connectivity index (χ3n) is 4.98. The Morgan fingerprint density at radius 2 is 2.08 bits per heavy atom. The molecule has 0 bridgehead atoms. The Labute approximate surface area is 152 Å². The minimum Gasteiger partial charge on any atom is -0.361 e. The molecule has 5 heteroatoms. The van der Waals surface area contributed by atoms with Crippen molar-refractivity contribution in [2.45, 2.75) is 19.3 Å². The highest BCUT2D eigenvalue weighted by molar-refractivity contribution is 6.00. The summed E-state index contributed by atoms with van der Waals surface area (Å²) in [4.78, 5) is 28.9. The van der Waals surface area contributed by atoms with Crippen LogP contribution in [0.3, 0.4) is 0 Å². The number of hydrogen-bond donors (Lipinski definition) is 2. The molecule has 0 saturated heterocycles. The molecule has 3 aromatic rings. The van der Waals surface area contributed by atoms with Gasteiger partial charge in [0.25, 0.3) is 0 Å². The summed E-state index contributed by atoms with van der Waals surface area (Å²) in [6.07, 6.45) is 3.49. The summed E-state index contributed by atoms with van der Waals surface area (Å²) >= 11 is 0. The maximum absolute atomic E-state index is 12.2. The van der Waals surface area contributed by atoms with Crippen molar-refractivity contribution in [3.63, 3.8) is 0 Å². The molecule has 2 amide bonds. The predicted octanol–water partition coefficient (Wildman–Crippen LogP) is 2.59. The number of aromatic nitrogens is 1. The van der Waals surface area contributed by atoms with E-state index in [4.69, 9.17) is 0 Å². The Bertz CT molecular complexity index is 990. The van der Waals surface area contributed by atoms with Crippen molar-refractivity contribution in [1.82, 2.24) is 10.3 Å². The molecule has 1 aliphatic rings. The normalized spacial score (nSPS) is 13.3. The monoisotopic (exact) mass is 347 g/mol. The second kappa shape index (κ2) is 6.67. The van der Waals surface area contributed by atoms with Crippen molar-refractivity contribution >= 4 is 28.4 Å². The average Bonchev–Trinajstić information content (AvgIpc) is 3.16. The first-order valence-corrected chi connectivity index (χ1v) is 8.82. The summed E-state index contributed by atoms with van der Waals surface area (Å²) in [7, 11) is 1.80. The third kappa shape index (κ3) is 3.08. The van der Waals surface area contributed by atoms with Crippen molar-refractivity contribution in [3.8, 4) is 0 Å². The highest BCUT2D eigenvalue weighted by Gasteiger charge is 2.23. The van der Waals surface area contributed by atoms with E-state index in [0.29, 0.717) is 19.4 Å². The number of carbonyl (C=O) groups is 2. The molecule has 0 spiro atoms. The Balaban J connectivity index is 1.33. The molecule has 5 nitrogen and oxygen atoms in total. The first-order chi connectivity index (χ1) is 12.6. The predicted molar refractivity (Wildman–Crippen MR) is 102 cm³/mol. The third-order valence-corrected chi connectivity index (χ3v) is 4.98. The van der Waals surface area contributed by atoms with Gasteiger partial charge in [-0.05, 0) is 35.2 Å². The zero-order valence-corrected chi connectivity index (χ0v) is 14.7. The van der Waals surface area contributed by atoms with Gasteiger partial charge in [-0.25, -0.2) is 0 Å². The fraction of sp³-hybridized carbons (Fsp3) is 0.238. The number of benzene rings is 2. The van der Waals surface area contributed by atoms with E-state index in [0.717, 1.165) is 39.7 Å². The quantitative estimate of drug-likeness (QED) is 0.745. The fourth-order valence-corrected chi connectivity index (χ4v) is 3.54. The zero-order chi connectivity index (χ0) is 18.1. The van der Waals surface area contributed by atoms with Gasteiger partial charge in [0.15, 0.2) is 0 Å². The van der Waals surface area contributed by atoms with E-state index in [9.17, 15) is 9.59 Å². The minimum atomic E-state index is 0.0193. The van der Waals surface area contributed by atoms with Crippen LogP contribution in [0.1, 0.15) is 16.7 Å². The summed E-state index contributed by atoms with van der Waals surface area (Å²) < 4.78 is 0. The summed E-state index contributed by atoms with van der Waals surface area (Å²) in [6, 6.07) is 14.1. The summed E-state index contributed by atoms with van der Waals surface area (Å²) in [5, 5.41) is 4.08. The number of fused-ring (bicyclic) bond motifs is 2. The maximum Gasteiger partial charge on any atom is 0.231 e. The van der Waals surface area contributed by atoms with Crippen LogP contribution in [0.2, 0.25) is 0 Å². The van der Waals surface area contributed by atoms with Gasteiger partial charge in [0.05, 0.1) is 12.8 Å². The van der Waals surface area contributed by atoms with Crippen molar-refractivity contribution in [2.24, 2.45) is 0 Å². The van der Waals surface area contributed by atoms with Gasteiger partial charge in [0.1, 0.15) is 0 Å². The minimum absolute atomic E-state index is 0.0193. The van der Waals surface area contributed by atoms with Crippen molar-refractivity contribution in [3.05, 3.63) is 65.4 Å². The van der Waals surface area contributed by atoms with E-state index in [1.54, 1.807) is 11.9 Å². The standard InChI is InChI=1S/C21H21N3O2/c1-24-19-7-6-14(10-15(19)12-21(24)26)8-9-22-20(25)11-16-13-23-18-5-3-2-4-17(16)18/h2-7,10,13,23H,8-9,11-12H2,1H3,(H,22,25). The van der Waals surface area contributed by atoms with Crippen LogP contribution in [0, 0.1) is 0 Å². The summed E-state index contributed by atoms with van der Waals surface area (Å²) in [5.41, 5.74) is 5.26. The molecule has 4 rings (SSSR count). The van der Waals surface area contributed by atoms with E-state index in [-0.39, 0.29) is 11.8 Å². The molecule has 0 saturated carbocycles. The maximum atomic E-state index is 12.2. The average molecular weight is 347 g/mol. The molecule has 2 heterocycles. The Kier molecular flexibility index (Phi) is 4.21. The second-order valence-corrected chi connectivity index (χ2v) is 6.73. The SMILES string of the molecule is CN1C(=O)Cc2cc(CCNC(=O)Cc3c[nH]c4ccccc34)ccc21. The smallest absolute Gasteiger partial charge is 0.231 e. The van der Waals surface area contributed by atoms with Gasteiger partial charge in [0, 0.05) is 36.4 Å². The molecule has 1 aromatic heterocycles. The van der Waals surface area contributed by atoms with E-state index < -0.39 is 0 Å². The molecule has 132 valence electrons. The number of amides is 2. The number of nitrogens with zero attached hydrogens (tertiary/aromatic N) is 1. The molecule has 0 fully saturated rings. The number of H-pyrrole nitrogens is 1. The van der Waals surface area contributed by atoms with Crippen molar-refractivity contribution in [2.75, 3.05) is 18.5 Å². The zero-order valence-electron chi connectivity index (χ0n) is 14.7. The lowest BCUT2D eigenvalue weighted by atomic mass is 10.1. The number of aromatic amines is 1. The van der Waals surface area contributed by atoms with Crippen LogP contribution in [0.25, 0.3) is 10.9 Å². The first kappa shape index (κ1) is 16.4. The summed E-state index contributed by atoms with van der Waals surface area (Å²) in [6.45, 7) is 0.587. The van der Waals surface area contributed by atoms with Gasteiger partial charge in [-0.3, -0.25) is 9.59 Å². The van der Waals surface area contributed by atoms with E-state index in [2.05, 4.69) is 16.4 Å². The van der Waals surface area contributed by atoms with Gasteiger partial charge in [0.2, 0.25) is 11.8 Å². The van der Waals surface area contributed by atoms with E-state index >= 15 is 0 Å². The van der Waals surface area contributed by atoms with Gasteiger partial charge in [-0.2, -0.15) is 0 Å². The molecule has 2 aromatic carbocycles. The molecule has 1 aliphatic heterocycles. The van der Waals surface area contributed by atoms with Crippen LogP contribution in [0.15, 0.2) is 48.7 Å². The molecule has 2 N–H and O–H groups in total. The van der Waals surface area contributed by atoms with Crippen LogP contribution in [-0.2, 0) is 28.9 Å². The highest BCUT2D eigenvalue weighted by atomic mass is 16.2. The van der Waals surface area contributed by atoms with Gasteiger partial charge >= 0.3 is 0 Å². The molecule has 0 radical (unpaired) electrons. The van der Waals surface area contributed by atoms with Crippen LogP contribution < -0.4 is 10.2 Å². The Hall–Kier alpha value is -3.08. The van der Waals surface area contributed by atoms with Gasteiger partial charge < -0.3 is 15.2 Å². The topological polar surface area (TPSA) is 65.2 Å². The van der Waals surface area contributed by atoms with Crippen molar-refractivity contribution < 1.29 is 9.59 Å². The van der Waals surface area contributed by atoms with Crippen molar-refractivity contribution in [1.29, 1.82) is 0 Å². The number of nitrogens with one attached hydrogen (secondary N) is 2. The lowest BCUT2D eigenvalue weighted by Crippen LogP contribution is -2.27. The molecule has 26 heavy (non-hydrogen) atoms. The van der Waals surface area contributed by atoms with Crippen LogP contribution in [0.4, 0.5) is 5.69 Å². The molecule has 0 aliphatic carbocycles. The molecule has 0 atom stereocenters. The molecule has 0 unspecified atom stereocenters. The first-order valence-electron chi connectivity index (χ1n) is 8.82. The second-order valence-electron chi connectivity index (χ2n) is 6.73. The Morgan fingerprint density at radius 1 is 1.23 bits per heavy atom. The number of hydrogen-bond acceptors (Lipinski definition) is 2. The van der Waals surface area contributed by atoms with Crippen LogP contribution in [0.5, 0.6) is 0 Å². The fourth-order valence-electron chi connectivity index (χ4n) is 3.54. The van der Waals surface area contributed by atoms with Crippen LogP contribution >= 0.6 is 0 Å². The number of likely N-dealkylation sites (N-methyl/N-ethyl adjacent to an activating group) is 1. The van der Waals surface area contributed by atoms with E-state index in [1.807, 2.05) is 42.6 Å². The molecular weight excluding hydrogens is 326 g/mol. The van der Waals surface area contributed by atoms with Gasteiger partial charge in [-0.15, -0.1) is 0 Å². The highest BCUT2D eigenvalue weighted by Crippen LogP contribution is 2.28. The lowest BCUT2D eigenvalue weighted by Gasteiger charge is -2.11. The lowest BCUT2D eigenvalue weighted by molar-refractivity contribution is -0.120. The number of para-hydroxylation sites is 1.